The summed E-state index contributed by atoms with van der Waals surface area (Å²) in [6, 6.07) is 0.352. The van der Waals surface area contributed by atoms with E-state index in [1.165, 1.54) is 0 Å². The van der Waals surface area contributed by atoms with Crippen LogP contribution in [0.2, 0.25) is 0 Å². The van der Waals surface area contributed by atoms with Crippen LogP contribution in [0.4, 0.5) is 0 Å². The molecule has 1 aliphatic heterocycles. The predicted molar refractivity (Wildman–Crippen MR) is 46.4 cm³/mol. The maximum Gasteiger partial charge on any atom is 0.264 e. The third kappa shape index (κ3) is 3.51. The van der Waals surface area contributed by atoms with Gasteiger partial charge in [0.15, 0.2) is 0 Å². The first-order chi connectivity index (χ1) is 5.47. The molecular weight excluding hydrogens is 178 g/mol. The van der Waals surface area contributed by atoms with Gasteiger partial charge < -0.3 is 5.32 Å². The summed E-state index contributed by atoms with van der Waals surface area (Å²) in [5, 5.41) is 3.22. The SMILES string of the molecule is CC1CC(OS(C)(=O)=O)CCN1. The first kappa shape index (κ1) is 9.95. The van der Waals surface area contributed by atoms with Gasteiger partial charge in [0.05, 0.1) is 12.4 Å². The van der Waals surface area contributed by atoms with Crippen molar-refractivity contribution >= 4 is 10.1 Å². The minimum atomic E-state index is -3.27. The molecule has 1 saturated heterocycles. The molecule has 0 aromatic carbocycles. The molecular formula is C7H15NO3S. The molecule has 0 amide bonds. The van der Waals surface area contributed by atoms with Crippen LogP contribution in [0.3, 0.4) is 0 Å². The number of nitrogens with one attached hydrogen (secondary N) is 1. The highest BCUT2D eigenvalue weighted by atomic mass is 32.2. The predicted octanol–water partition coefficient (Wildman–Crippen LogP) is 0.103. The molecule has 1 heterocycles. The standard InChI is InChI=1S/C7H15NO3S/c1-6-5-7(3-4-8-6)11-12(2,9)10/h6-8H,3-5H2,1-2H3. The maximum atomic E-state index is 10.8. The van der Waals surface area contributed by atoms with Gasteiger partial charge in [-0.2, -0.15) is 8.42 Å². The third-order valence-electron chi connectivity index (χ3n) is 1.89. The first-order valence-corrected chi connectivity index (χ1v) is 5.90. The van der Waals surface area contributed by atoms with Crippen LogP contribution in [-0.4, -0.2) is 33.4 Å². The normalized spacial score (nSPS) is 31.8. The Morgan fingerprint density at radius 3 is 2.67 bits per heavy atom. The van der Waals surface area contributed by atoms with E-state index in [1.807, 2.05) is 6.92 Å². The zero-order valence-electron chi connectivity index (χ0n) is 7.41. The van der Waals surface area contributed by atoms with E-state index >= 15 is 0 Å². The maximum absolute atomic E-state index is 10.8. The lowest BCUT2D eigenvalue weighted by Gasteiger charge is -2.26. The van der Waals surface area contributed by atoms with Gasteiger partial charge in [0, 0.05) is 6.04 Å². The molecule has 72 valence electrons. The fourth-order valence-electron chi connectivity index (χ4n) is 1.42. The van der Waals surface area contributed by atoms with Crippen molar-refractivity contribution in [2.75, 3.05) is 12.8 Å². The van der Waals surface area contributed by atoms with Crippen molar-refractivity contribution < 1.29 is 12.6 Å². The third-order valence-corrected chi connectivity index (χ3v) is 2.51. The van der Waals surface area contributed by atoms with Gasteiger partial charge in [-0.3, -0.25) is 4.18 Å². The summed E-state index contributed by atoms with van der Waals surface area (Å²) >= 11 is 0. The fraction of sp³-hybridized carbons (Fsp3) is 1.00. The van der Waals surface area contributed by atoms with Gasteiger partial charge in [0.2, 0.25) is 0 Å². The van der Waals surface area contributed by atoms with Gasteiger partial charge in [-0.25, -0.2) is 0 Å². The van der Waals surface area contributed by atoms with Crippen molar-refractivity contribution in [3.8, 4) is 0 Å². The highest BCUT2D eigenvalue weighted by Gasteiger charge is 2.21. The molecule has 0 spiro atoms. The average molecular weight is 193 g/mol. The molecule has 0 aliphatic carbocycles. The summed E-state index contributed by atoms with van der Waals surface area (Å²) in [5.41, 5.74) is 0. The molecule has 4 nitrogen and oxygen atoms in total. The molecule has 1 rings (SSSR count). The molecule has 5 heteroatoms. The van der Waals surface area contributed by atoms with Crippen LogP contribution in [0.15, 0.2) is 0 Å². The van der Waals surface area contributed by atoms with E-state index in [9.17, 15) is 8.42 Å². The van der Waals surface area contributed by atoms with E-state index in [4.69, 9.17) is 4.18 Å². The van der Waals surface area contributed by atoms with Gasteiger partial charge in [0.25, 0.3) is 10.1 Å². The zero-order valence-corrected chi connectivity index (χ0v) is 8.23. The molecule has 0 saturated carbocycles. The molecule has 0 aromatic heterocycles. The van der Waals surface area contributed by atoms with Gasteiger partial charge >= 0.3 is 0 Å². The van der Waals surface area contributed by atoms with Crippen molar-refractivity contribution in [1.82, 2.24) is 5.32 Å². The summed E-state index contributed by atoms with van der Waals surface area (Å²) in [6.45, 7) is 2.86. The molecule has 12 heavy (non-hydrogen) atoms. The van der Waals surface area contributed by atoms with Crippen LogP contribution in [0.1, 0.15) is 19.8 Å². The number of piperidine rings is 1. The molecule has 1 N–H and O–H groups in total. The molecule has 1 aliphatic rings. The quantitative estimate of drug-likeness (QED) is 0.632. The van der Waals surface area contributed by atoms with Crippen molar-refractivity contribution in [2.24, 2.45) is 0 Å². The van der Waals surface area contributed by atoms with Crippen molar-refractivity contribution in [3.63, 3.8) is 0 Å². The van der Waals surface area contributed by atoms with Gasteiger partial charge in [0.1, 0.15) is 0 Å². The van der Waals surface area contributed by atoms with Gasteiger partial charge in [-0.1, -0.05) is 0 Å². The van der Waals surface area contributed by atoms with Gasteiger partial charge in [-0.15, -0.1) is 0 Å². The van der Waals surface area contributed by atoms with Crippen LogP contribution in [0, 0.1) is 0 Å². The summed E-state index contributed by atoms with van der Waals surface area (Å²) in [5.74, 6) is 0. The lowest BCUT2D eigenvalue weighted by Crippen LogP contribution is -2.39. The highest BCUT2D eigenvalue weighted by Crippen LogP contribution is 2.13. The molecule has 1 fully saturated rings. The smallest absolute Gasteiger partial charge is 0.264 e. The van der Waals surface area contributed by atoms with Crippen molar-refractivity contribution in [3.05, 3.63) is 0 Å². The van der Waals surface area contributed by atoms with Crippen LogP contribution in [0.5, 0.6) is 0 Å². The van der Waals surface area contributed by atoms with Gasteiger partial charge in [-0.05, 0) is 26.3 Å². The summed E-state index contributed by atoms with van der Waals surface area (Å²) < 4.78 is 26.4. The Bertz CT molecular complexity index is 237. The van der Waals surface area contributed by atoms with E-state index in [2.05, 4.69) is 5.32 Å². The number of rotatable bonds is 2. The Morgan fingerprint density at radius 1 is 1.50 bits per heavy atom. The second kappa shape index (κ2) is 3.72. The summed E-state index contributed by atoms with van der Waals surface area (Å²) in [7, 11) is -3.27. The average Bonchev–Trinajstić information content (AvgIpc) is 1.82. The Labute approximate surface area is 73.4 Å². The monoisotopic (exact) mass is 193 g/mol. The summed E-state index contributed by atoms with van der Waals surface area (Å²) in [4.78, 5) is 0. The Kier molecular flexibility index (Phi) is 3.09. The van der Waals surface area contributed by atoms with E-state index in [1.54, 1.807) is 0 Å². The lowest BCUT2D eigenvalue weighted by molar-refractivity contribution is 0.152. The number of hydrogen-bond donors (Lipinski definition) is 1. The van der Waals surface area contributed by atoms with Crippen LogP contribution >= 0.6 is 0 Å². The molecule has 0 aromatic rings. The second-order valence-electron chi connectivity index (χ2n) is 3.30. The largest absolute Gasteiger partial charge is 0.314 e. The Balaban J connectivity index is 2.43. The molecule has 0 radical (unpaired) electrons. The van der Waals surface area contributed by atoms with Crippen LogP contribution < -0.4 is 5.32 Å². The van der Waals surface area contributed by atoms with Crippen LogP contribution in [-0.2, 0) is 14.3 Å². The van der Waals surface area contributed by atoms with Crippen molar-refractivity contribution in [1.29, 1.82) is 0 Å². The number of hydrogen-bond acceptors (Lipinski definition) is 4. The molecule has 2 unspecified atom stereocenters. The second-order valence-corrected chi connectivity index (χ2v) is 4.90. The lowest BCUT2D eigenvalue weighted by atomic mass is 10.0. The minimum Gasteiger partial charge on any atom is -0.314 e. The Morgan fingerprint density at radius 2 is 2.17 bits per heavy atom. The van der Waals surface area contributed by atoms with E-state index in [-0.39, 0.29) is 6.10 Å². The summed E-state index contributed by atoms with van der Waals surface area (Å²) in [6.07, 6.45) is 2.51. The van der Waals surface area contributed by atoms with E-state index in [0.717, 1.165) is 25.6 Å². The molecule has 0 bridgehead atoms. The highest BCUT2D eigenvalue weighted by molar-refractivity contribution is 7.86. The Hall–Kier alpha value is -0.130. The zero-order chi connectivity index (χ0) is 9.19. The van der Waals surface area contributed by atoms with Crippen molar-refractivity contribution in [2.45, 2.75) is 31.9 Å². The first-order valence-electron chi connectivity index (χ1n) is 4.09. The van der Waals surface area contributed by atoms with Crippen LogP contribution in [0.25, 0.3) is 0 Å². The van der Waals surface area contributed by atoms with E-state index in [0.29, 0.717) is 6.04 Å². The topological polar surface area (TPSA) is 55.4 Å². The van der Waals surface area contributed by atoms with E-state index < -0.39 is 10.1 Å². The minimum absolute atomic E-state index is 0.128. The molecule has 2 atom stereocenters. The fourth-order valence-corrected chi connectivity index (χ4v) is 2.09.